The van der Waals surface area contributed by atoms with Crippen LogP contribution in [-0.2, 0) is 10.3 Å². The molecule has 1 saturated heterocycles. The van der Waals surface area contributed by atoms with Gasteiger partial charge in [0, 0.05) is 12.3 Å². The summed E-state index contributed by atoms with van der Waals surface area (Å²) in [7, 11) is 0. The van der Waals surface area contributed by atoms with Gasteiger partial charge in [-0.3, -0.25) is 14.7 Å². The molecular weight excluding hydrogens is 313 g/mol. The largest absolute Gasteiger partial charge is 0.492 e. The lowest BCUT2D eigenvalue weighted by atomic mass is 9.97. The Kier molecular flexibility index (Phi) is 4.16. The summed E-state index contributed by atoms with van der Waals surface area (Å²) in [6.45, 7) is 1.74. The number of hydrogen-bond acceptors (Lipinski definition) is 4. The van der Waals surface area contributed by atoms with Crippen LogP contribution in [0.5, 0.6) is 5.75 Å². The molecule has 124 valence electrons. The molecule has 0 aliphatic carbocycles. The fourth-order valence-electron chi connectivity index (χ4n) is 2.54. The zero-order valence-electron chi connectivity index (χ0n) is 13.0. The summed E-state index contributed by atoms with van der Waals surface area (Å²) in [4.78, 5) is 30.0. The van der Waals surface area contributed by atoms with E-state index in [0.29, 0.717) is 11.4 Å². The van der Waals surface area contributed by atoms with Gasteiger partial charge < -0.3 is 10.1 Å². The van der Waals surface area contributed by atoms with Crippen molar-refractivity contribution in [3.05, 3.63) is 60.2 Å². The average Bonchev–Trinajstić information content (AvgIpc) is 2.80. The Balaban J connectivity index is 1.67. The molecular formula is C17H16FN3O3. The minimum Gasteiger partial charge on any atom is -0.492 e. The first-order chi connectivity index (χ1) is 11.5. The van der Waals surface area contributed by atoms with Gasteiger partial charge in [0.15, 0.2) is 5.54 Å². The molecule has 0 bridgehead atoms. The van der Waals surface area contributed by atoms with E-state index >= 15 is 0 Å². The second kappa shape index (κ2) is 6.27. The van der Waals surface area contributed by atoms with Crippen LogP contribution in [0.3, 0.4) is 0 Å². The molecule has 0 spiro atoms. The molecule has 1 fully saturated rings. The molecule has 0 radical (unpaired) electrons. The van der Waals surface area contributed by atoms with Gasteiger partial charge in [-0.25, -0.2) is 9.18 Å². The highest BCUT2D eigenvalue weighted by molar-refractivity contribution is 6.06. The number of carbonyl (C=O) groups is 2. The second-order valence-corrected chi connectivity index (χ2v) is 5.53. The number of benzene rings is 1. The van der Waals surface area contributed by atoms with Crippen LogP contribution in [0.1, 0.15) is 12.6 Å². The summed E-state index contributed by atoms with van der Waals surface area (Å²) in [5, 5.41) is 2.66. The quantitative estimate of drug-likeness (QED) is 0.853. The first-order valence-corrected chi connectivity index (χ1v) is 7.45. The van der Waals surface area contributed by atoms with E-state index in [2.05, 4.69) is 10.3 Å². The van der Waals surface area contributed by atoms with Gasteiger partial charge in [0.25, 0.3) is 5.91 Å². The molecule has 3 rings (SSSR count). The van der Waals surface area contributed by atoms with Gasteiger partial charge in [0.05, 0.1) is 12.2 Å². The van der Waals surface area contributed by atoms with Crippen molar-refractivity contribution in [2.75, 3.05) is 13.2 Å². The SMILES string of the molecule is C[C@]1(c2ccccn2)NC(=O)N(CCOc2cccc(F)c2)C1=O. The second-order valence-electron chi connectivity index (χ2n) is 5.53. The third-order valence-electron chi connectivity index (χ3n) is 3.83. The first kappa shape index (κ1) is 15.9. The molecule has 1 aromatic heterocycles. The zero-order valence-corrected chi connectivity index (χ0v) is 13.0. The van der Waals surface area contributed by atoms with E-state index in [1.54, 1.807) is 37.4 Å². The van der Waals surface area contributed by atoms with Crippen molar-refractivity contribution in [1.82, 2.24) is 15.2 Å². The molecule has 7 heteroatoms. The summed E-state index contributed by atoms with van der Waals surface area (Å²) in [6.07, 6.45) is 1.57. The van der Waals surface area contributed by atoms with Crippen molar-refractivity contribution in [3.63, 3.8) is 0 Å². The summed E-state index contributed by atoms with van der Waals surface area (Å²) in [5.41, 5.74) is -0.728. The number of aromatic nitrogens is 1. The van der Waals surface area contributed by atoms with E-state index in [0.717, 1.165) is 4.90 Å². The van der Waals surface area contributed by atoms with Crippen LogP contribution in [-0.4, -0.2) is 35.0 Å². The molecule has 2 heterocycles. The number of amides is 3. The Hall–Kier alpha value is -2.96. The van der Waals surface area contributed by atoms with Crippen molar-refractivity contribution in [1.29, 1.82) is 0 Å². The van der Waals surface area contributed by atoms with E-state index in [1.165, 1.54) is 18.2 Å². The number of hydrogen-bond donors (Lipinski definition) is 1. The van der Waals surface area contributed by atoms with Crippen LogP contribution >= 0.6 is 0 Å². The summed E-state index contributed by atoms with van der Waals surface area (Å²) < 4.78 is 18.5. The Bertz CT molecular complexity index is 769. The van der Waals surface area contributed by atoms with Crippen molar-refractivity contribution < 1.29 is 18.7 Å². The van der Waals surface area contributed by atoms with Crippen LogP contribution in [0.2, 0.25) is 0 Å². The van der Waals surface area contributed by atoms with Gasteiger partial charge in [0.1, 0.15) is 18.2 Å². The number of nitrogens with one attached hydrogen (secondary N) is 1. The standard InChI is InChI=1S/C17H16FN3O3/c1-17(14-7-2-3-8-19-14)15(22)21(16(23)20-17)9-10-24-13-6-4-5-12(18)11-13/h2-8,11H,9-10H2,1H3,(H,20,23)/t17-/m1/s1. The van der Waals surface area contributed by atoms with Crippen molar-refractivity contribution in [2.24, 2.45) is 0 Å². The Morgan fingerprint density at radius 3 is 2.79 bits per heavy atom. The lowest BCUT2D eigenvalue weighted by Gasteiger charge is -2.20. The van der Waals surface area contributed by atoms with Crippen LogP contribution < -0.4 is 10.1 Å². The predicted octanol–water partition coefficient (Wildman–Crippen LogP) is 2.07. The number of pyridine rings is 1. The van der Waals surface area contributed by atoms with Crippen molar-refractivity contribution in [2.45, 2.75) is 12.5 Å². The average molecular weight is 329 g/mol. The number of urea groups is 1. The van der Waals surface area contributed by atoms with Crippen molar-refractivity contribution >= 4 is 11.9 Å². The Morgan fingerprint density at radius 2 is 2.08 bits per heavy atom. The molecule has 0 saturated carbocycles. The fraction of sp³-hybridized carbons (Fsp3) is 0.235. The van der Waals surface area contributed by atoms with Gasteiger partial charge in [-0.2, -0.15) is 0 Å². The third kappa shape index (κ3) is 2.92. The molecule has 3 amide bonds. The van der Waals surface area contributed by atoms with Crippen LogP contribution in [0.25, 0.3) is 0 Å². The molecule has 1 aliphatic rings. The minimum atomic E-state index is -1.20. The molecule has 1 atom stereocenters. The maximum Gasteiger partial charge on any atom is 0.325 e. The maximum absolute atomic E-state index is 13.1. The fourth-order valence-corrected chi connectivity index (χ4v) is 2.54. The van der Waals surface area contributed by atoms with Gasteiger partial charge in [-0.15, -0.1) is 0 Å². The summed E-state index contributed by atoms with van der Waals surface area (Å²) >= 11 is 0. The summed E-state index contributed by atoms with van der Waals surface area (Å²) in [6, 6.07) is 10.3. The number of carbonyl (C=O) groups excluding carboxylic acids is 2. The minimum absolute atomic E-state index is 0.0591. The highest BCUT2D eigenvalue weighted by Gasteiger charge is 2.49. The number of imide groups is 1. The highest BCUT2D eigenvalue weighted by atomic mass is 19.1. The van der Waals surface area contributed by atoms with Gasteiger partial charge in [0.2, 0.25) is 0 Å². The van der Waals surface area contributed by atoms with Crippen molar-refractivity contribution in [3.8, 4) is 5.75 Å². The molecule has 1 aromatic carbocycles. The monoisotopic (exact) mass is 329 g/mol. The predicted molar refractivity (Wildman–Crippen MR) is 83.7 cm³/mol. The zero-order chi connectivity index (χ0) is 17.2. The van der Waals surface area contributed by atoms with E-state index in [1.807, 2.05) is 0 Å². The molecule has 2 aromatic rings. The number of rotatable bonds is 5. The first-order valence-electron chi connectivity index (χ1n) is 7.45. The number of halogens is 1. The third-order valence-corrected chi connectivity index (χ3v) is 3.83. The van der Waals surface area contributed by atoms with E-state index in [-0.39, 0.29) is 13.2 Å². The number of ether oxygens (including phenoxy) is 1. The smallest absolute Gasteiger partial charge is 0.325 e. The molecule has 1 aliphatic heterocycles. The lowest BCUT2D eigenvalue weighted by molar-refractivity contribution is -0.131. The van der Waals surface area contributed by atoms with Gasteiger partial charge in [-0.05, 0) is 31.2 Å². The topological polar surface area (TPSA) is 71.5 Å². The van der Waals surface area contributed by atoms with E-state index in [9.17, 15) is 14.0 Å². The normalized spacial score (nSPS) is 20.2. The van der Waals surface area contributed by atoms with Crippen LogP contribution in [0.15, 0.2) is 48.7 Å². The summed E-state index contributed by atoms with van der Waals surface area (Å²) in [5.74, 6) is -0.464. The lowest BCUT2D eigenvalue weighted by Crippen LogP contribution is -2.42. The van der Waals surface area contributed by atoms with Crippen LogP contribution in [0, 0.1) is 5.82 Å². The van der Waals surface area contributed by atoms with Gasteiger partial charge in [-0.1, -0.05) is 12.1 Å². The van der Waals surface area contributed by atoms with Gasteiger partial charge >= 0.3 is 6.03 Å². The highest BCUT2D eigenvalue weighted by Crippen LogP contribution is 2.27. The van der Waals surface area contributed by atoms with Crippen LogP contribution in [0.4, 0.5) is 9.18 Å². The molecule has 6 nitrogen and oxygen atoms in total. The van der Waals surface area contributed by atoms with E-state index < -0.39 is 23.3 Å². The Labute approximate surface area is 138 Å². The Morgan fingerprint density at radius 1 is 1.25 bits per heavy atom. The molecule has 24 heavy (non-hydrogen) atoms. The molecule has 0 unspecified atom stereocenters. The van der Waals surface area contributed by atoms with E-state index in [4.69, 9.17) is 4.74 Å². The number of nitrogens with zero attached hydrogens (tertiary/aromatic N) is 2. The molecule has 1 N–H and O–H groups in total. The maximum atomic E-state index is 13.1.